The van der Waals surface area contributed by atoms with Crippen molar-refractivity contribution in [2.45, 2.75) is 6.61 Å². The van der Waals surface area contributed by atoms with Crippen LogP contribution in [-0.2, 0) is 6.61 Å². The summed E-state index contributed by atoms with van der Waals surface area (Å²) >= 11 is 0. The molecule has 1 aromatic heterocycles. The summed E-state index contributed by atoms with van der Waals surface area (Å²) in [7, 11) is 0. The van der Waals surface area contributed by atoms with E-state index in [1.54, 1.807) is 24.5 Å². The summed E-state index contributed by atoms with van der Waals surface area (Å²) in [4.78, 5) is 15.4. The molecule has 3 aromatic rings. The average Bonchev–Trinajstić information content (AvgIpc) is 2.53. The number of benzene rings is 2. The predicted octanol–water partition coefficient (Wildman–Crippen LogP) is 3.51. The lowest BCUT2D eigenvalue weighted by atomic mass is 10.1. The third-order valence-electron chi connectivity index (χ3n) is 3.22. The maximum atomic E-state index is 11.4. The van der Waals surface area contributed by atoms with Gasteiger partial charge in [0.2, 0.25) is 0 Å². The minimum Gasteiger partial charge on any atom is -0.487 e. The zero-order valence-corrected chi connectivity index (χ0v) is 11.2. The largest absolute Gasteiger partial charge is 0.487 e. The van der Waals surface area contributed by atoms with Gasteiger partial charge in [0.25, 0.3) is 0 Å². The first-order valence-corrected chi connectivity index (χ1v) is 6.52. The molecule has 0 aliphatic carbocycles. The smallest absolute Gasteiger partial charge is 0.339 e. The summed E-state index contributed by atoms with van der Waals surface area (Å²) in [5, 5.41) is 11.1. The maximum Gasteiger partial charge on any atom is 0.339 e. The summed E-state index contributed by atoms with van der Waals surface area (Å²) in [6.07, 6.45) is 3.38. The molecule has 0 aliphatic rings. The molecule has 0 fully saturated rings. The number of carboxylic acids is 1. The fraction of sp³-hybridized carbons (Fsp3) is 0.0588. The third kappa shape index (κ3) is 2.69. The molecule has 21 heavy (non-hydrogen) atoms. The molecular weight excluding hydrogens is 266 g/mol. The normalized spacial score (nSPS) is 10.5. The number of nitrogens with zero attached hydrogens (tertiary/aromatic N) is 1. The van der Waals surface area contributed by atoms with Crippen molar-refractivity contribution in [1.29, 1.82) is 0 Å². The van der Waals surface area contributed by atoms with Crippen LogP contribution in [0.4, 0.5) is 0 Å². The second-order valence-electron chi connectivity index (χ2n) is 4.62. The second-order valence-corrected chi connectivity index (χ2v) is 4.62. The van der Waals surface area contributed by atoms with Crippen molar-refractivity contribution in [2.24, 2.45) is 0 Å². The molecule has 104 valence electrons. The molecule has 0 saturated heterocycles. The summed E-state index contributed by atoms with van der Waals surface area (Å²) in [6, 6.07) is 14.6. The predicted molar refractivity (Wildman–Crippen MR) is 79.5 cm³/mol. The van der Waals surface area contributed by atoms with Gasteiger partial charge in [-0.05, 0) is 17.5 Å². The van der Waals surface area contributed by atoms with Crippen LogP contribution in [0, 0.1) is 0 Å². The number of fused-ring (bicyclic) bond motifs is 1. The van der Waals surface area contributed by atoms with Crippen molar-refractivity contribution in [3.63, 3.8) is 0 Å². The Morgan fingerprint density at radius 3 is 2.71 bits per heavy atom. The van der Waals surface area contributed by atoms with E-state index in [1.807, 2.05) is 36.4 Å². The highest BCUT2D eigenvalue weighted by Gasteiger charge is 2.14. The molecule has 0 bridgehead atoms. The van der Waals surface area contributed by atoms with Crippen LogP contribution >= 0.6 is 0 Å². The van der Waals surface area contributed by atoms with Crippen LogP contribution in [0.5, 0.6) is 5.75 Å². The molecule has 0 spiro atoms. The number of carboxylic acid groups (broad SMARTS) is 1. The number of aromatic carboxylic acids is 1. The quantitative estimate of drug-likeness (QED) is 0.794. The van der Waals surface area contributed by atoms with Gasteiger partial charge in [0.1, 0.15) is 17.9 Å². The van der Waals surface area contributed by atoms with Gasteiger partial charge in [0, 0.05) is 23.3 Å². The van der Waals surface area contributed by atoms with E-state index in [9.17, 15) is 9.90 Å². The summed E-state index contributed by atoms with van der Waals surface area (Å²) in [6.45, 7) is 0.280. The van der Waals surface area contributed by atoms with E-state index in [0.29, 0.717) is 5.75 Å². The molecule has 1 heterocycles. The van der Waals surface area contributed by atoms with Crippen LogP contribution in [-0.4, -0.2) is 16.1 Å². The van der Waals surface area contributed by atoms with E-state index in [-0.39, 0.29) is 12.2 Å². The first kappa shape index (κ1) is 13.1. The number of ether oxygens (including phenoxy) is 1. The van der Waals surface area contributed by atoms with E-state index >= 15 is 0 Å². The van der Waals surface area contributed by atoms with E-state index in [1.165, 1.54) is 0 Å². The van der Waals surface area contributed by atoms with Crippen molar-refractivity contribution >= 4 is 16.7 Å². The van der Waals surface area contributed by atoms with Gasteiger partial charge in [-0.1, -0.05) is 36.4 Å². The van der Waals surface area contributed by atoms with Crippen molar-refractivity contribution in [2.75, 3.05) is 0 Å². The van der Waals surface area contributed by atoms with Gasteiger partial charge in [0.15, 0.2) is 0 Å². The Labute approximate surface area is 121 Å². The van der Waals surface area contributed by atoms with Gasteiger partial charge >= 0.3 is 5.97 Å². The van der Waals surface area contributed by atoms with Gasteiger partial charge < -0.3 is 9.84 Å². The zero-order valence-electron chi connectivity index (χ0n) is 11.2. The molecule has 4 heteroatoms. The third-order valence-corrected chi connectivity index (χ3v) is 3.22. The Morgan fingerprint density at radius 2 is 1.95 bits per heavy atom. The molecular formula is C17H13NO3. The monoisotopic (exact) mass is 279 g/mol. The standard InChI is InChI=1S/C17H13NO3/c19-17(20)15-8-7-13-5-1-2-6-14(13)16(15)21-11-12-4-3-9-18-10-12/h1-10H,11H2,(H,19,20). The number of hydrogen-bond acceptors (Lipinski definition) is 3. The molecule has 1 N–H and O–H groups in total. The van der Waals surface area contributed by atoms with Crippen LogP contribution in [0.15, 0.2) is 60.9 Å². The lowest BCUT2D eigenvalue weighted by Gasteiger charge is -2.12. The van der Waals surface area contributed by atoms with Crippen LogP contribution in [0.25, 0.3) is 10.8 Å². The minimum absolute atomic E-state index is 0.164. The minimum atomic E-state index is -0.998. The molecule has 0 atom stereocenters. The van der Waals surface area contributed by atoms with Crippen LogP contribution in [0.2, 0.25) is 0 Å². The molecule has 0 unspecified atom stereocenters. The lowest BCUT2D eigenvalue weighted by molar-refractivity contribution is 0.0692. The SMILES string of the molecule is O=C(O)c1ccc2ccccc2c1OCc1cccnc1. The first-order chi connectivity index (χ1) is 10.3. The van der Waals surface area contributed by atoms with E-state index in [4.69, 9.17) is 4.74 Å². The number of aromatic nitrogens is 1. The van der Waals surface area contributed by atoms with E-state index in [0.717, 1.165) is 16.3 Å². The van der Waals surface area contributed by atoms with Crippen molar-refractivity contribution < 1.29 is 14.6 Å². The van der Waals surface area contributed by atoms with Crippen LogP contribution in [0.1, 0.15) is 15.9 Å². The van der Waals surface area contributed by atoms with Crippen LogP contribution < -0.4 is 4.74 Å². The fourth-order valence-corrected chi connectivity index (χ4v) is 2.21. The molecule has 0 amide bonds. The Kier molecular flexibility index (Phi) is 3.51. The molecule has 0 aliphatic heterocycles. The molecule has 0 radical (unpaired) electrons. The summed E-state index contributed by atoms with van der Waals surface area (Å²) < 4.78 is 5.78. The summed E-state index contributed by atoms with van der Waals surface area (Å²) in [5.74, 6) is -0.605. The van der Waals surface area contributed by atoms with Crippen molar-refractivity contribution in [3.8, 4) is 5.75 Å². The molecule has 4 nitrogen and oxygen atoms in total. The lowest BCUT2D eigenvalue weighted by Crippen LogP contribution is -2.04. The molecule has 0 saturated carbocycles. The fourth-order valence-electron chi connectivity index (χ4n) is 2.21. The number of hydrogen-bond donors (Lipinski definition) is 1. The second kappa shape index (κ2) is 5.63. The van der Waals surface area contributed by atoms with E-state index in [2.05, 4.69) is 4.98 Å². The summed E-state index contributed by atoms with van der Waals surface area (Å²) in [5.41, 5.74) is 1.05. The Morgan fingerprint density at radius 1 is 1.10 bits per heavy atom. The Balaban J connectivity index is 2.02. The number of rotatable bonds is 4. The Bertz CT molecular complexity index is 784. The highest BCUT2D eigenvalue weighted by atomic mass is 16.5. The van der Waals surface area contributed by atoms with Crippen molar-refractivity contribution in [3.05, 3.63) is 72.1 Å². The topological polar surface area (TPSA) is 59.4 Å². The Hall–Kier alpha value is -2.88. The molecule has 2 aromatic carbocycles. The van der Waals surface area contributed by atoms with Crippen LogP contribution in [0.3, 0.4) is 0 Å². The highest BCUT2D eigenvalue weighted by molar-refractivity contribution is 6.00. The first-order valence-electron chi connectivity index (χ1n) is 6.52. The average molecular weight is 279 g/mol. The van der Waals surface area contributed by atoms with Gasteiger partial charge in [-0.3, -0.25) is 4.98 Å². The maximum absolute atomic E-state index is 11.4. The number of pyridine rings is 1. The van der Waals surface area contributed by atoms with Gasteiger partial charge in [-0.15, -0.1) is 0 Å². The zero-order chi connectivity index (χ0) is 14.7. The van der Waals surface area contributed by atoms with Gasteiger partial charge in [0.05, 0.1) is 0 Å². The number of carbonyl (C=O) groups is 1. The highest BCUT2D eigenvalue weighted by Crippen LogP contribution is 2.30. The van der Waals surface area contributed by atoms with E-state index < -0.39 is 5.97 Å². The van der Waals surface area contributed by atoms with Gasteiger partial charge in [-0.2, -0.15) is 0 Å². The molecule has 3 rings (SSSR count). The van der Waals surface area contributed by atoms with Gasteiger partial charge in [-0.25, -0.2) is 4.79 Å². The van der Waals surface area contributed by atoms with Crippen molar-refractivity contribution in [1.82, 2.24) is 4.98 Å².